The topological polar surface area (TPSA) is 65.9 Å². The number of piperazine rings is 1. The second kappa shape index (κ2) is 7.89. The second-order valence-corrected chi connectivity index (χ2v) is 9.99. The molecule has 162 valence electrons. The van der Waals surface area contributed by atoms with Gasteiger partial charge in [0.25, 0.3) is 11.1 Å². The summed E-state index contributed by atoms with van der Waals surface area (Å²) >= 11 is 1.55. The summed E-state index contributed by atoms with van der Waals surface area (Å²) in [5.74, 6) is 0.646. The van der Waals surface area contributed by atoms with Crippen molar-refractivity contribution in [1.82, 2.24) is 14.8 Å². The highest BCUT2D eigenvalue weighted by Gasteiger charge is 2.47. The minimum Gasteiger partial charge on any atom is -0.431 e. The van der Waals surface area contributed by atoms with Crippen molar-refractivity contribution in [3.8, 4) is 10.9 Å². The third-order valence-corrected chi connectivity index (χ3v) is 7.14. The molecule has 2 bridgehead atoms. The highest BCUT2D eigenvalue weighted by Crippen LogP contribution is 2.33. The Labute approximate surface area is 186 Å². The number of ether oxygens (including phenoxy) is 1. The van der Waals surface area contributed by atoms with Crippen LogP contribution in [0.1, 0.15) is 25.8 Å². The number of hydrogen-bond acceptors (Lipinski definition) is 6. The molecule has 2 fully saturated rings. The van der Waals surface area contributed by atoms with Gasteiger partial charge in [-0.3, -0.25) is 9.69 Å². The number of carbonyl (C=O) groups is 1. The van der Waals surface area contributed by atoms with Crippen LogP contribution in [0.4, 0.5) is 0 Å². The van der Waals surface area contributed by atoms with Gasteiger partial charge in [-0.2, -0.15) is 0 Å². The molecule has 0 spiro atoms. The summed E-state index contributed by atoms with van der Waals surface area (Å²) in [6.45, 7) is 5.74. The quantitative estimate of drug-likeness (QED) is 0.637. The van der Waals surface area contributed by atoms with E-state index >= 15 is 0 Å². The molecule has 2 atom stereocenters. The molecule has 0 unspecified atom stereocenters. The number of likely N-dealkylation sites (tertiary alicyclic amines) is 2. The number of carbonyl (C=O) groups excluding carboxylic acids is 1. The van der Waals surface area contributed by atoms with Crippen molar-refractivity contribution in [2.45, 2.75) is 44.4 Å². The van der Waals surface area contributed by atoms with Crippen LogP contribution in [0.3, 0.4) is 0 Å². The van der Waals surface area contributed by atoms with Gasteiger partial charge in [-0.15, -0.1) is 0 Å². The molecule has 5 rings (SSSR count). The molecule has 0 radical (unpaired) electrons. The average Bonchev–Trinajstić information content (AvgIpc) is 3.45. The van der Waals surface area contributed by atoms with E-state index in [9.17, 15) is 9.90 Å². The van der Waals surface area contributed by atoms with Crippen molar-refractivity contribution < 1.29 is 14.6 Å². The van der Waals surface area contributed by atoms with Crippen LogP contribution >= 0.6 is 11.3 Å². The molecule has 2 aliphatic heterocycles. The van der Waals surface area contributed by atoms with Crippen LogP contribution in [-0.4, -0.2) is 63.1 Å². The Morgan fingerprint density at radius 1 is 1.16 bits per heavy atom. The van der Waals surface area contributed by atoms with Gasteiger partial charge in [0.05, 0.1) is 10.2 Å². The fraction of sp³-hybridized carbons (Fsp3) is 0.417. The zero-order valence-corrected chi connectivity index (χ0v) is 18.6. The maximum atomic E-state index is 12.4. The zero-order chi connectivity index (χ0) is 21.6. The van der Waals surface area contributed by atoms with E-state index in [4.69, 9.17) is 4.74 Å². The minimum absolute atomic E-state index is 0.150. The predicted octanol–water partition coefficient (Wildman–Crippen LogP) is 3.69. The highest BCUT2D eigenvalue weighted by molar-refractivity contribution is 7.20. The van der Waals surface area contributed by atoms with Crippen LogP contribution in [-0.2, 0) is 11.2 Å². The third kappa shape index (κ3) is 4.18. The minimum atomic E-state index is -1.29. The predicted molar refractivity (Wildman–Crippen MR) is 122 cm³/mol. The van der Waals surface area contributed by atoms with Gasteiger partial charge >= 0.3 is 0 Å². The largest absolute Gasteiger partial charge is 0.431 e. The Morgan fingerprint density at radius 3 is 2.61 bits per heavy atom. The number of thiazole rings is 1. The number of aromatic nitrogens is 1. The Bertz CT molecular complexity index is 1060. The fourth-order valence-corrected chi connectivity index (χ4v) is 5.45. The lowest BCUT2D eigenvalue weighted by Gasteiger charge is -2.36. The van der Waals surface area contributed by atoms with Gasteiger partial charge in [0, 0.05) is 31.7 Å². The van der Waals surface area contributed by atoms with Crippen molar-refractivity contribution in [1.29, 1.82) is 0 Å². The van der Waals surface area contributed by atoms with Gasteiger partial charge in [-0.05, 0) is 56.5 Å². The smallest absolute Gasteiger partial charge is 0.279 e. The summed E-state index contributed by atoms with van der Waals surface area (Å²) in [6, 6.07) is 16.9. The molecule has 1 amide bonds. The number of rotatable bonds is 6. The highest BCUT2D eigenvalue weighted by atomic mass is 32.1. The summed E-state index contributed by atoms with van der Waals surface area (Å²) < 4.78 is 7.06. The number of amides is 1. The summed E-state index contributed by atoms with van der Waals surface area (Å²) in [6.07, 6.45) is 1.97. The molecule has 7 heteroatoms. The monoisotopic (exact) mass is 437 g/mol. The first kappa shape index (κ1) is 20.4. The maximum absolute atomic E-state index is 12.4. The molecule has 31 heavy (non-hydrogen) atoms. The van der Waals surface area contributed by atoms with Crippen molar-refractivity contribution in [3.05, 3.63) is 54.1 Å². The van der Waals surface area contributed by atoms with Gasteiger partial charge < -0.3 is 14.7 Å². The zero-order valence-electron chi connectivity index (χ0n) is 17.8. The number of hydrogen-bond donors (Lipinski definition) is 1. The Hall–Kier alpha value is -2.48. The fourth-order valence-electron chi connectivity index (χ4n) is 4.62. The number of nitrogens with zero attached hydrogens (tertiary/aromatic N) is 3. The molecule has 0 aliphatic carbocycles. The molecule has 3 heterocycles. The molecule has 6 nitrogen and oxygen atoms in total. The van der Waals surface area contributed by atoms with E-state index in [1.807, 2.05) is 41.3 Å². The van der Waals surface area contributed by atoms with Crippen molar-refractivity contribution in [2.24, 2.45) is 0 Å². The first-order valence-electron chi connectivity index (χ1n) is 10.8. The molecule has 2 aromatic carbocycles. The Morgan fingerprint density at radius 2 is 1.94 bits per heavy atom. The van der Waals surface area contributed by atoms with E-state index < -0.39 is 5.60 Å². The van der Waals surface area contributed by atoms with Gasteiger partial charge in [-0.1, -0.05) is 35.6 Å². The van der Waals surface area contributed by atoms with Crippen LogP contribution in [0.5, 0.6) is 10.9 Å². The van der Waals surface area contributed by atoms with Crippen LogP contribution in [0, 0.1) is 0 Å². The molecule has 2 saturated heterocycles. The lowest BCUT2D eigenvalue weighted by molar-refractivity contribution is -0.150. The molecule has 3 aromatic rings. The maximum Gasteiger partial charge on any atom is 0.279 e. The van der Waals surface area contributed by atoms with Gasteiger partial charge in [0.1, 0.15) is 11.4 Å². The summed E-state index contributed by atoms with van der Waals surface area (Å²) in [4.78, 5) is 21.3. The van der Waals surface area contributed by atoms with Crippen LogP contribution in [0.25, 0.3) is 10.2 Å². The lowest BCUT2D eigenvalue weighted by Crippen LogP contribution is -2.54. The average molecular weight is 438 g/mol. The van der Waals surface area contributed by atoms with Crippen molar-refractivity contribution in [2.75, 3.05) is 19.6 Å². The van der Waals surface area contributed by atoms with E-state index in [-0.39, 0.29) is 11.9 Å². The van der Waals surface area contributed by atoms with Gasteiger partial charge in [0.2, 0.25) is 0 Å². The van der Waals surface area contributed by atoms with Gasteiger partial charge in [-0.25, -0.2) is 4.98 Å². The van der Waals surface area contributed by atoms with Crippen LogP contribution in [0.2, 0.25) is 0 Å². The summed E-state index contributed by atoms with van der Waals surface area (Å²) in [5, 5.41) is 10.7. The molecule has 1 N–H and O–H groups in total. The summed E-state index contributed by atoms with van der Waals surface area (Å²) in [5.41, 5.74) is 0.940. The second-order valence-electron chi connectivity index (χ2n) is 9.00. The SMILES string of the molecule is CC(C)(O)C(=O)N1C[C@H]2C[C@H]1CN2CCc1ccc(Oc2nc3ccccc3s2)cc1. The standard InChI is InChI=1S/C24H27N3O3S/c1-24(2,29)22(28)27-15-17-13-18(27)14-26(17)12-11-16-7-9-19(10-8-16)30-23-25-20-5-3-4-6-21(20)31-23/h3-10,17-18,29H,11-15H2,1-2H3/t17-,18+/m1/s1. The Kier molecular flexibility index (Phi) is 5.20. The first-order chi connectivity index (χ1) is 14.9. The van der Waals surface area contributed by atoms with Crippen LogP contribution in [0.15, 0.2) is 48.5 Å². The number of benzene rings is 2. The summed E-state index contributed by atoms with van der Waals surface area (Å²) in [7, 11) is 0. The molecule has 1 aromatic heterocycles. The van der Waals surface area contributed by atoms with E-state index in [0.717, 1.165) is 48.4 Å². The van der Waals surface area contributed by atoms with Crippen LogP contribution < -0.4 is 4.74 Å². The van der Waals surface area contributed by atoms with E-state index in [1.54, 1.807) is 25.2 Å². The van der Waals surface area contributed by atoms with Crippen molar-refractivity contribution >= 4 is 27.5 Å². The lowest BCUT2D eigenvalue weighted by atomic mass is 10.1. The molecular weight excluding hydrogens is 410 g/mol. The first-order valence-corrected chi connectivity index (χ1v) is 11.6. The normalized spacial score (nSPS) is 21.2. The van der Waals surface area contributed by atoms with Crippen molar-refractivity contribution in [3.63, 3.8) is 0 Å². The number of fused-ring (bicyclic) bond motifs is 3. The number of para-hydroxylation sites is 1. The van der Waals surface area contributed by atoms with Gasteiger partial charge in [0.15, 0.2) is 0 Å². The molecular formula is C24H27N3O3S. The van der Waals surface area contributed by atoms with E-state index in [2.05, 4.69) is 22.0 Å². The third-order valence-electron chi connectivity index (χ3n) is 6.23. The molecule has 2 aliphatic rings. The van der Waals surface area contributed by atoms with E-state index in [1.165, 1.54) is 5.56 Å². The Balaban J connectivity index is 1.14. The van der Waals surface area contributed by atoms with E-state index in [0.29, 0.717) is 11.2 Å². The molecule has 0 saturated carbocycles. The number of aliphatic hydroxyl groups is 1.